The second kappa shape index (κ2) is 35.9. The molecule has 0 spiro atoms. The standard InChI is InChI=1S/C40H50O4.C25H20N2O3.C15H16O4/c1-29(2)38(41)44-26-12-10-11-25-43-37-28-32(19-13-30-15-21-34(22-16-30)39(3,4)5)36(42-9)27-33(37)20-14-31-17-23-35(24-18-31)40(6,7)8;1-17(2)25(28)29-16-18-8-10-21(11-9-18)23-26-27-24(30-23)22-14-12-20(13-15-22)19-6-4-3-5-7-19;1-12(2)15(17)19-11-10-18-14(16)9-8-13-6-4-3-5-7-13/h13-24,27-28H,1,10-12,25-26H2,2-9H3;3-15H,1,16H2,2H3;3-9H,1,10-11H2,2H3/b19-13+,20-14+;;9-8+. The van der Waals surface area contributed by atoms with Crippen LogP contribution in [0.2, 0.25) is 0 Å². The van der Waals surface area contributed by atoms with Gasteiger partial charge in [0.25, 0.3) is 0 Å². The maximum atomic E-state index is 11.6. The van der Waals surface area contributed by atoms with Crippen LogP contribution in [0.3, 0.4) is 0 Å². The van der Waals surface area contributed by atoms with E-state index in [0.29, 0.717) is 41.7 Å². The Balaban J connectivity index is 0.000000241. The maximum absolute atomic E-state index is 11.6. The van der Waals surface area contributed by atoms with Crippen molar-refractivity contribution in [2.45, 2.75) is 99.0 Å². The summed E-state index contributed by atoms with van der Waals surface area (Å²) in [5, 5.41) is 8.33. The molecule has 0 unspecified atom stereocenters. The summed E-state index contributed by atoms with van der Waals surface area (Å²) in [5.41, 5.74) is 13.8. The van der Waals surface area contributed by atoms with E-state index in [1.54, 1.807) is 34.0 Å². The molecule has 13 nitrogen and oxygen atoms in total. The molecule has 0 saturated heterocycles. The molecule has 8 rings (SSSR count). The number of esters is 4. The smallest absolute Gasteiger partial charge is 0.333 e. The highest BCUT2D eigenvalue weighted by atomic mass is 16.6. The van der Waals surface area contributed by atoms with Crippen LogP contribution in [-0.2, 0) is 55.6 Å². The van der Waals surface area contributed by atoms with Crippen molar-refractivity contribution in [3.05, 3.63) is 257 Å². The SMILES string of the molecule is C=C(C)C(=O)OCCCCCOc1cc(/C=C/c2ccc(C(C)(C)C)cc2)c(OC)cc1/C=C/c1ccc(C(C)(C)C)cc1.C=C(C)C(=O)OCCOC(=O)/C=C/c1ccccc1.C=C(C)C(=O)OCc1ccc(-c2nnc(-c3ccc(-c4ccccc4)cc3)o2)cc1. The second-order valence-electron chi connectivity index (χ2n) is 24.1. The van der Waals surface area contributed by atoms with Gasteiger partial charge in [-0.1, -0.05) is 219 Å². The first-order valence-corrected chi connectivity index (χ1v) is 30.9. The summed E-state index contributed by atoms with van der Waals surface area (Å²) in [6.07, 6.45) is 13.9. The summed E-state index contributed by atoms with van der Waals surface area (Å²) in [4.78, 5) is 45.4. The lowest BCUT2D eigenvalue weighted by Gasteiger charge is -2.18. The third-order valence-corrected chi connectivity index (χ3v) is 14.2. The molecule has 7 aromatic carbocycles. The number of hydrogen-bond donors (Lipinski definition) is 0. The number of carbonyl (C=O) groups is 4. The van der Waals surface area contributed by atoms with Crippen molar-refractivity contribution in [1.82, 2.24) is 10.2 Å². The number of aromatic nitrogens is 2. The molecule has 0 atom stereocenters. The molecule has 0 aliphatic carbocycles. The molecule has 0 radical (unpaired) electrons. The molecule has 0 bridgehead atoms. The fourth-order valence-corrected chi connectivity index (χ4v) is 8.65. The topological polar surface area (TPSA) is 163 Å². The van der Waals surface area contributed by atoms with Crippen molar-refractivity contribution in [3.63, 3.8) is 0 Å². The number of rotatable bonds is 25. The van der Waals surface area contributed by atoms with E-state index < -0.39 is 17.9 Å². The molecule has 1 heterocycles. The van der Waals surface area contributed by atoms with Crippen molar-refractivity contribution >= 4 is 54.3 Å². The Morgan fingerprint density at radius 1 is 0.441 bits per heavy atom. The third-order valence-electron chi connectivity index (χ3n) is 14.2. The lowest BCUT2D eigenvalue weighted by Crippen LogP contribution is -2.12. The summed E-state index contributed by atoms with van der Waals surface area (Å²) < 4.78 is 38.0. The molecule has 0 N–H and O–H groups in total. The maximum Gasteiger partial charge on any atom is 0.333 e. The van der Waals surface area contributed by atoms with Crippen LogP contribution in [0.4, 0.5) is 0 Å². The molecule has 0 fully saturated rings. The van der Waals surface area contributed by atoms with Gasteiger partial charge < -0.3 is 32.8 Å². The lowest BCUT2D eigenvalue weighted by atomic mass is 9.86. The van der Waals surface area contributed by atoms with Crippen LogP contribution < -0.4 is 9.47 Å². The zero-order chi connectivity index (χ0) is 67.3. The van der Waals surface area contributed by atoms with Gasteiger partial charge in [-0.25, -0.2) is 19.2 Å². The first kappa shape index (κ1) is 71.7. The summed E-state index contributed by atoms with van der Waals surface area (Å²) in [6, 6.07) is 56.5. The van der Waals surface area contributed by atoms with Gasteiger partial charge in [0.05, 0.1) is 20.3 Å². The van der Waals surface area contributed by atoms with Crippen molar-refractivity contribution < 1.29 is 52.0 Å². The number of benzene rings is 7. The molecule has 0 aliphatic rings. The minimum Gasteiger partial charge on any atom is -0.496 e. The van der Waals surface area contributed by atoms with Gasteiger partial charge in [0.2, 0.25) is 11.8 Å². The minimum atomic E-state index is -0.490. The number of hydrogen-bond acceptors (Lipinski definition) is 13. The first-order chi connectivity index (χ1) is 44.5. The van der Waals surface area contributed by atoms with Crippen LogP contribution >= 0.6 is 0 Å². The van der Waals surface area contributed by atoms with E-state index >= 15 is 0 Å². The summed E-state index contributed by atoms with van der Waals surface area (Å²) >= 11 is 0. The molecule has 13 heteroatoms. The van der Waals surface area contributed by atoms with Crippen molar-refractivity contribution in [1.29, 1.82) is 0 Å². The lowest BCUT2D eigenvalue weighted by molar-refractivity contribution is -0.146. The predicted octanol–water partition coefficient (Wildman–Crippen LogP) is 18.4. The van der Waals surface area contributed by atoms with Gasteiger partial charge in [-0.15, -0.1) is 10.2 Å². The molecule has 0 amide bonds. The van der Waals surface area contributed by atoms with Crippen LogP contribution in [0.5, 0.6) is 11.5 Å². The number of methoxy groups -OCH3 is 1. The number of nitrogens with zero attached hydrogens (tertiary/aromatic N) is 2. The van der Waals surface area contributed by atoms with Crippen molar-refractivity contribution in [2.24, 2.45) is 0 Å². The van der Waals surface area contributed by atoms with Crippen LogP contribution in [-0.4, -0.2) is 67.6 Å². The van der Waals surface area contributed by atoms with E-state index in [1.165, 1.54) is 17.2 Å². The Bertz CT molecular complexity index is 3840. The second-order valence-corrected chi connectivity index (χ2v) is 24.1. The highest BCUT2D eigenvalue weighted by Gasteiger charge is 2.16. The fraction of sp³-hybridized carbons (Fsp3) is 0.250. The van der Waals surface area contributed by atoms with Gasteiger partial charge >= 0.3 is 23.9 Å². The monoisotopic (exact) mass is 1250 g/mol. The van der Waals surface area contributed by atoms with Gasteiger partial charge in [0.15, 0.2) is 0 Å². The zero-order valence-electron chi connectivity index (χ0n) is 55.3. The molecule has 0 aliphatic heterocycles. The summed E-state index contributed by atoms with van der Waals surface area (Å²) in [6.45, 7) is 30.0. The Morgan fingerprint density at radius 3 is 1.37 bits per heavy atom. The Kier molecular flexibility index (Phi) is 27.6. The third kappa shape index (κ3) is 24.4. The molecule has 93 heavy (non-hydrogen) atoms. The van der Waals surface area contributed by atoms with Gasteiger partial charge in [-0.3, -0.25) is 0 Å². The molecule has 1 aromatic heterocycles. The number of ether oxygens (including phenoxy) is 6. The Labute approximate surface area is 548 Å². The van der Waals surface area contributed by atoms with Crippen LogP contribution in [0.25, 0.3) is 64.4 Å². The van der Waals surface area contributed by atoms with Gasteiger partial charge in [-0.2, -0.15) is 0 Å². The van der Waals surface area contributed by atoms with Crippen LogP contribution in [0.1, 0.15) is 126 Å². The number of carbonyl (C=O) groups excluding carboxylic acids is 4. The van der Waals surface area contributed by atoms with Gasteiger partial charge in [-0.05, 0) is 138 Å². The fourth-order valence-electron chi connectivity index (χ4n) is 8.65. The van der Waals surface area contributed by atoms with E-state index in [2.05, 4.69) is 163 Å². The van der Waals surface area contributed by atoms with Crippen LogP contribution in [0.15, 0.2) is 217 Å². The van der Waals surface area contributed by atoms with E-state index in [0.717, 1.165) is 86.4 Å². The van der Waals surface area contributed by atoms with E-state index in [9.17, 15) is 19.2 Å². The molecular weight excluding hydrogens is 1160 g/mol. The summed E-state index contributed by atoms with van der Waals surface area (Å²) in [7, 11) is 1.70. The van der Waals surface area contributed by atoms with Crippen LogP contribution in [0, 0.1) is 0 Å². The van der Waals surface area contributed by atoms with E-state index in [-0.39, 0.29) is 36.6 Å². The minimum absolute atomic E-state index is 0.0244. The van der Waals surface area contributed by atoms with E-state index in [1.807, 2.05) is 103 Å². The quantitative estimate of drug-likeness (QED) is 0.0175. The van der Waals surface area contributed by atoms with E-state index in [4.69, 9.17) is 32.8 Å². The average Bonchev–Trinajstić information content (AvgIpc) is 1.83. The zero-order valence-corrected chi connectivity index (χ0v) is 55.3. The molecular formula is C80H86N2O11. The van der Waals surface area contributed by atoms with Crippen molar-refractivity contribution in [3.8, 4) is 45.5 Å². The van der Waals surface area contributed by atoms with Gasteiger partial charge in [0, 0.05) is 45.0 Å². The Hall–Kier alpha value is -10.4. The predicted molar refractivity (Wildman–Crippen MR) is 374 cm³/mol. The first-order valence-electron chi connectivity index (χ1n) is 30.9. The molecule has 8 aromatic rings. The highest BCUT2D eigenvalue weighted by molar-refractivity contribution is 5.88. The largest absolute Gasteiger partial charge is 0.496 e. The molecule has 482 valence electrons. The molecule has 0 saturated carbocycles. The summed E-state index contributed by atoms with van der Waals surface area (Å²) in [5.74, 6) is 0.762. The highest BCUT2D eigenvalue weighted by Crippen LogP contribution is 2.34. The normalized spacial score (nSPS) is 11.2. The number of unbranched alkanes of at least 4 members (excludes halogenated alkanes) is 2. The van der Waals surface area contributed by atoms with Crippen molar-refractivity contribution in [2.75, 3.05) is 33.5 Å². The average molecular weight is 1250 g/mol. The van der Waals surface area contributed by atoms with Gasteiger partial charge in [0.1, 0.15) is 31.3 Å². The Morgan fingerprint density at radius 2 is 0.860 bits per heavy atom.